The fourth-order valence-electron chi connectivity index (χ4n) is 2.59. The number of aliphatic hydroxyl groups is 1. The third-order valence-electron chi connectivity index (χ3n) is 3.36. The van der Waals surface area contributed by atoms with E-state index in [1.54, 1.807) is 0 Å². The molecular weight excluding hydrogens is 160 g/mol. The summed E-state index contributed by atoms with van der Waals surface area (Å²) in [6.07, 6.45) is 8.73. The number of hydrogen-bond acceptors (Lipinski definition) is 1. The van der Waals surface area contributed by atoms with Gasteiger partial charge < -0.3 is 5.11 Å². The molecule has 0 radical (unpaired) electrons. The van der Waals surface area contributed by atoms with Crippen molar-refractivity contribution in [3.05, 3.63) is 0 Å². The second-order valence-corrected chi connectivity index (χ2v) is 4.74. The Labute approximate surface area is 82.5 Å². The lowest BCUT2D eigenvalue weighted by molar-refractivity contribution is 0.0566. The predicted molar refractivity (Wildman–Crippen MR) is 56.7 cm³/mol. The van der Waals surface area contributed by atoms with E-state index in [0.717, 1.165) is 12.3 Å². The summed E-state index contributed by atoms with van der Waals surface area (Å²) < 4.78 is 0. The molecule has 1 aliphatic carbocycles. The molecule has 0 aromatic heterocycles. The second-order valence-electron chi connectivity index (χ2n) is 4.74. The van der Waals surface area contributed by atoms with Crippen molar-refractivity contribution >= 4 is 0 Å². The molecule has 3 atom stereocenters. The highest BCUT2D eigenvalue weighted by molar-refractivity contribution is 4.75. The Morgan fingerprint density at radius 3 is 2.62 bits per heavy atom. The van der Waals surface area contributed by atoms with Crippen LogP contribution >= 0.6 is 0 Å². The summed E-state index contributed by atoms with van der Waals surface area (Å²) >= 11 is 0. The third kappa shape index (κ3) is 3.68. The maximum atomic E-state index is 9.79. The van der Waals surface area contributed by atoms with E-state index in [1.807, 2.05) is 0 Å². The number of aliphatic hydroxyl groups excluding tert-OH is 1. The topological polar surface area (TPSA) is 20.2 Å². The van der Waals surface area contributed by atoms with Crippen molar-refractivity contribution in [2.75, 3.05) is 0 Å². The summed E-state index contributed by atoms with van der Waals surface area (Å²) in [5.74, 6) is 1.41. The largest absolute Gasteiger partial charge is 0.393 e. The van der Waals surface area contributed by atoms with Crippen LogP contribution in [0.1, 0.15) is 58.8 Å². The Morgan fingerprint density at radius 1 is 1.31 bits per heavy atom. The molecular formula is C12H24O. The van der Waals surface area contributed by atoms with Gasteiger partial charge in [-0.2, -0.15) is 0 Å². The van der Waals surface area contributed by atoms with Crippen molar-refractivity contribution in [2.24, 2.45) is 11.8 Å². The molecule has 0 spiro atoms. The second kappa shape index (κ2) is 5.64. The van der Waals surface area contributed by atoms with Gasteiger partial charge in [0.2, 0.25) is 0 Å². The lowest BCUT2D eigenvalue weighted by Crippen LogP contribution is -2.26. The zero-order chi connectivity index (χ0) is 9.68. The molecule has 0 bridgehead atoms. The van der Waals surface area contributed by atoms with Crippen LogP contribution in [0.2, 0.25) is 0 Å². The molecule has 0 saturated heterocycles. The molecule has 1 saturated carbocycles. The SMILES string of the molecule is CCCC(C)C[C@@H]1CCCC[C@H]1O. The van der Waals surface area contributed by atoms with E-state index in [9.17, 15) is 5.11 Å². The molecule has 1 fully saturated rings. The van der Waals surface area contributed by atoms with Gasteiger partial charge in [-0.3, -0.25) is 0 Å². The molecule has 0 heterocycles. The number of hydrogen-bond donors (Lipinski definition) is 1. The zero-order valence-corrected chi connectivity index (χ0v) is 9.13. The molecule has 1 unspecified atom stereocenters. The molecule has 0 amide bonds. The van der Waals surface area contributed by atoms with Crippen molar-refractivity contribution in [3.8, 4) is 0 Å². The predicted octanol–water partition coefficient (Wildman–Crippen LogP) is 3.36. The van der Waals surface area contributed by atoms with Crippen molar-refractivity contribution in [2.45, 2.75) is 64.9 Å². The van der Waals surface area contributed by atoms with Gasteiger partial charge in [0.25, 0.3) is 0 Å². The van der Waals surface area contributed by atoms with E-state index in [1.165, 1.54) is 38.5 Å². The van der Waals surface area contributed by atoms with Crippen LogP contribution in [0.5, 0.6) is 0 Å². The fraction of sp³-hybridized carbons (Fsp3) is 1.00. The summed E-state index contributed by atoms with van der Waals surface area (Å²) in [4.78, 5) is 0. The van der Waals surface area contributed by atoms with Gasteiger partial charge in [0.05, 0.1) is 6.10 Å². The van der Waals surface area contributed by atoms with E-state index in [-0.39, 0.29) is 6.10 Å². The van der Waals surface area contributed by atoms with Gasteiger partial charge in [-0.25, -0.2) is 0 Å². The molecule has 1 aliphatic rings. The monoisotopic (exact) mass is 184 g/mol. The summed E-state index contributed by atoms with van der Waals surface area (Å²) in [5, 5.41) is 9.79. The van der Waals surface area contributed by atoms with Crippen molar-refractivity contribution in [1.82, 2.24) is 0 Å². The summed E-state index contributed by atoms with van der Waals surface area (Å²) in [7, 11) is 0. The van der Waals surface area contributed by atoms with Crippen LogP contribution in [0.4, 0.5) is 0 Å². The molecule has 13 heavy (non-hydrogen) atoms. The summed E-state index contributed by atoms with van der Waals surface area (Å²) in [5.41, 5.74) is 0. The summed E-state index contributed by atoms with van der Waals surface area (Å²) in [6.45, 7) is 4.57. The highest BCUT2D eigenvalue weighted by Crippen LogP contribution is 2.30. The normalized spacial score (nSPS) is 31.6. The van der Waals surface area contributed by atoms with Crippen LogP contribution in [-0.4, -0.2) is 11.2 Å². The minimum absolute atomic E-state index is 0.00746. The first-order valence-electron chi connectivity index (χ1n) is 5.92. The van der Waals surface area contributed by atoms with E-state index < -0.39 is 0 Å². The molecule has 1 nitrogen and oxygen atoms in total. The van der Waals surface area contributed by atoms with Crippen LogP contribution in [0.3, 0.4) is 0 Å². The lowest BCUT2D eigenvalue weighted by atomic mass is 9.80. The maximum absolute atomic E-state index is 9.79. The van der Waals surface area contributed by atoms with Gasteiger partial charge in [-0.05, 0) is 31.1 Å². The van der Waals surface area contributed by atoms with E-state index >= 15 is 0 Å². The zero-order valence-electron chi connectivity index (χ0n) is 9.13. The van der Waals surface area contributed by atoms with E-state index in [2.05, 4.69) is 13.8 Å². The minimum Gasteiger partial charge on any atom is -0.393 e. The maximum Gasteiger partial charge on any atom is 0.0568 e. The smallest absolute Gasteiger partial charge is 0.0568 e. The first kappa shape index (κ1) is 11.0. The van der Waals surface area contributed by atoms with Gasteiger partial charge >= 0.3 is 0 Å². The Morgan fingerprint density at radius 2 is 2.00 bits per heavy atom. The van der Waals surface area contributed by atoms with Crippen molar-refractivity contribution < 1.29 is 5.11 Å². The highest BCUT2D eigenvalue weighted by atomic mass is 16.3. The molecule has 0 aromatic carbocycles. The van der Waals surface area contributed by atoms with Crippen LogP contribution < -0.4 is 0 Å². The Hall–Kier alpha value is -0.0400. The molecule has 1 N–H and O–H groups in total. The van der Waals surface area contributed by atoms with Crippen LogP contribution in [0, 0.1) is 11.8 Å². The van der Waals surface area contributed by atoms with Crippen LogP contribution in [-0.2, 0) is 0 Å². The van der Waals surface area contributed by atoms with Crippen LogP contribution in [0.25, 0.3) is 0 Å². The Kier molecular flexibility index (Phi) is 4.79. The van der Waals surface area contributed by atoms with E-state index in [0.29, 0.717) is 5.92 Å². The molecule has 78 valence electrons. The van der Waals surface area contributed by atoms with Crippen LogP contribution in [0.15, 0.2) is 0 Å². The summed E-state index contributed by atoms with van der Waals surface area (Å²) in [6, 6.07) is 0. The van der Waals surface area contributed by atoms with Crippen molar-refractivity contribution in [3.63, 3.8) is 0 Å². The quantitative estimate of drug-likeness (QED) is 0.710. The van der Waals surface area contributed by atoms with Gasteiger partial charge in [0.1, 0.15) is 0 Å². The van der Waals surface area contributed by atoms with E-state index in [4.69, 9.17) is 0 Å². The number of rotatable bonds is 4. The Bertz CT molecular complexity index is 133. The minimum atomic E-state index is 0.00746. The average Bonchev–Trinajstić information content (AvgIpc) is 2.09. The molecule has 1 heteroatoms. The van der Waals surface area contributed by atoms with Gasteiger partial charge in [-0.15, -0.1) is 0 Å². The Balaban J connectivity index is 2.25. The lowest BCUT2D eigenvalue weighted by Gasteiger charge is -2.29. The molecule has 0 aromatic rings. The third-order valence-corrected chi connectivity index (χ3v) is 3.36. The van der Waals surface area contributed by atoms with Gasteiger partial charge in [-0.1, -0.05) is 39.5 Å². The van der Waals surface area contributed by atoms with Crippen molar-refractivity contribution in [1.29, 1.82) is 0 Å². The first-order valence-corrected chi connectivity index (χ1v) is 5.92. The first-order chi connectivity index (χ1) is 6.24. The average molecular weight is 184 g/mol. The standard InChI is InChI=1S/C12H24O/c1-3-6-10(2)9-11-7-4-5-8-12(11)13/h10-13H,3-9H2,1-2H3/t10?,11-,12+/m0/s1. The van der Waals surface area contributed by atoms with Gasteiger partial charge in [0.15, 0.2) is 0 Å². The fourth-order valence-corrected chi connectivity index (χ4v) is 2.59. The molecule has 0 aliphatic heterocycles. The van der Waals surface area contributed by atoms with Gasteiger partial charge in [0, 0.05) is 0 Å². The highest BCUT2D eigenvalue weighted by Gasteiger charge is 2.24. The molecule has 1 rings (SSSR count).